The van der Waals surface area contributed by atoms with Gasteiger partial charge in [0.25, 0.3) is 0 Å². The van der Waals surface area contributed by atoms with Crippen LogP contribution < -0.4 is 0 Å². The van der Waals surface area contributed by atoms with E-state index in [1.807, 2.05) is 36.4 Å². The Hall–Kier alpha value is -3.19. The molecule has 0 aliphatic rings. The second-order valence-corrected chi connectivity index (χ2v) is 12.6. The van der Waals surface area contributed by atoms with Gasteiger partial charge in [-0.3, -0.25) is 0 Å². The standard InChI is InChI=1S/C27H31N3O3S/c1-26(2,3)18-27(4,5)20-15-23(30-28-21-13-9-10-14-22(21)29-30)25(31)24(16-20)34(32,33)17-19-11-7-6-8-12-19/h6-16,31H,17-18H2,1-5H3. The molecule has 0 fully saturated rings. The van der Waals surface area contributed by atoms with Crippen molar-refractivity contribution in [2.45, 2.75) is 57.1 Å². The molecular formula is C27H31N3O3S. The Kier molecular flexibility index (Phi) is 6.02. The molecular weight excluding hydrogens is 446 g/mol. The second-order valence-electron chi connectivity index (χ2n) is 10.7. The summed E-state index contributed by atoms with van der Waals surface area (Å²) in [6.07, 6.45) is 0.816. The van der Waals surface area contributed by atoms with Crippen molar-refractivity contribution in [3.63, 3.8) is 0 Å². The van der Waals surface area contributed by atoms with Gasteiger partial charge >= 0.3 is 0 Å². The minimum Gasteiger partial charge on any atom is -0.504 e. The van der Waals surface area contributed by atoms with E-state index in [2.05, 4.69) is 44.8 Å². The van der Waals surface area contributed by atoms with E-state index in [1.165, 1.54) is 4.80 Å². The number of rotatable bonds is 6. The zero-order valence-corrected chi connectivity index (χ0v) is 21.1. The van der Waals surface area contributed by atoms with Crippen LogP contribution in [-0.2, 0) is 21.0 Å². The normalized spacial score (nSPS) is 12.9. The summed E-state index contributed by atoms with van der Waals surface area (Å²) in [5.74, 6) is -0.551. The maximum Gasteiger partial charge on any atom is 0.186 e. The van der Waals surface area contributed by atoms with Crippen molar-refractivity contribution in [1.29, 1.82) is 0 Å². The third-order valence-electron chi connectivity index (χ3n) is 5.85. The fourth-order valence-electron chi connectivity index (χ4n) is 4.64. The number of hydrogen-bond donors (Lipinski definition) is 1. The molecule has 0 saturated heterocycles. The third-order valence-corrected chi connectivity index (χ3v) is 7.54. The van der Waals surface area contributed by atoms with Gasteiger partial charge in [-0.15, -0.1) is 15.0 Å². The average Bonchev–Trinajstić information content (AvgIpc) is 3.16. The molecule has 34 heavy (non-hydrogen) atoms. The number of sulfone groups is 1. The predicted octanol–water partition coefficient (Wildman–Crippen LogP) is 5.81. The first-order valence-electron chi connectivity index (χ1n) is 11.3. The van der Waals surface area contributed by atoms with Crippen LogP contribution in [0.4, 0.5) is 0 Å². The smallest absolute Gasteiger partial charge is 0.186 e. The highest BCUT2D eigenvalue weighted by molar-refractivity contribution is 7.90. The summed E-state index contributed by atoms with van der Waals surface area (Å²) in [6, 6.07) is 19.8. The van der Waals surface area contributed by atoms with Gasteiger partial charge in [-0.05, 0) is 52.6 Å². The Bertz CT molecular complexity index is 1400. The molecule has 1 heterocycles. The van der Waals surface area contributed by atoms with Crippen LogP contribution in [-0.4, -0.2) is 28.5 Å². The Morgan fingerprint density at radius 2 is 1.41 bits per heavy atom. The predicted molar refractivity (Wildman–Crippen MR) is 135 cm³/mol. The zero-order valence-electron chi connectivity index (χ0n) is 20.3. The Labute approximate surface area is 201 Å². The van der Waals surface area contributed by atoms with Crippen molar-refractivity contribution in [2.24, 2.45) is 5.41 Å². The van der Waals surface area contributed by atoms with Crippen LogP contribution in [0.3, 0.4) is 0 Å². The minimum absolute atomic E-state index is 0.0171. The van der Waals surface area contributed by atoms with E-state index in [-0.39, 0.29) is 32.9 Å². The summed E-state index contributed by atoms with van der Waals surface area (Å²) in [5, 5.41) is 20.2. The largest absolute Gasteiger partial charge is 0.504 e. The van der Waals surface area contributed by atoms with Gasteiger partial charge in [-0.25, -0.2) is 8.42 Å². The molecule has 7 heteroatoms. The molecule has 0 unspecified atom stereocenters. The van der Waals surface area contributed by atoms with Crippen molar-refractivity contribution in [3.05, 3.63) is 77.9 Å². The van der Waals surface area contributed by atoms with Crippen LogP contribution in [0.5, 0.6) is 5.75 Å². The molecule has 1 N–H and O–H groups in total. The highest BCUT2D eigenvalue weighted by Gasteiger charge is 2.32. The van der Waals surface area contributed by atoms with Crippen molar-refractivity contribution >= 4 is 20.9 Å². The molecule has 0 atom stereocenters. The molecule has 0 saturated carbocycles. The number of phenols is 1. The Morgan fingerprint density at radius 1 is 0.853 bits per heavy atom. The zero-order chi connectivity index (χ0) is 24.7. The van der Waals surface area contributed by atoms with Crippen molar-refractivity contribution < 1.29 is 13.5 Å². The highest BCUT2D eigenvalue weighted by atomic mass is 32.2. The molecule has 1 aromatic heterocycles. The molecule has 0 bridgehead atoms. The summed E-state index contributed by atoms with van der Waals surface area (Å²) in [7, 11) is -3.85. The molecule has 178 valence electrons. The van der Waals surface area contributed by atoms with Gasteiger partial charge in [0.15, 0.2) is 15.6 Å². The van der Waals surface area contributed by atoms with Gasteiger partial charge in [0.05, 0.1) is 5.75 Å². The quantitative estimate of drug-likeness (QED) is 0.379. The van der Waals surface area contributed by atoms with Gasteiger partial charge in [-0.2, -0.15) is 0 Å². The van der Waals surface area contributed by atoms with Crippen LogP contribution in [0.15, 0.2) is 71.6 Å². The van der Waals surface area contributed by atoms with E-state index in [4.69, 9.17) is 0 Å². The first-order chi connectivity index (χ1) is 15.9. The van der Waals surface area contributed by atoms with Gasteiger partial charge in [-0.1, -0.05) is 77.1 Å². The lowest BCUT2D eigenvalue weighted by Gasteiger charge is -2.33. The number of benzene rings is 3. The van der Waals surface area contributed by atoms with Gasteiger partial charge in [0.1, 0.15) is 21.6 Å². The lowest BCUT2D eigenvalue weighted by molar-refractivity contribution is 0.283. The summed E-state index contributed by atoms with van der Waals surface area (Å²) in [5.41, 5.74) is 2.70. The van der Waals surface area contributed by atoms with E-state index < -0.39 is 9.84 Å². The topological polar surface area (TPSA) is 85.1 Å². The van der Waals surface area contributed by atoms with Gasteiger partial charge < -0.3 is 5.11 Å². The van der Waals surface area contributed by atoms with Crippen LogP contribution in [0, 0.1) is 5.41 Å². The fourth-order valence-corrected chi connectivity index (χ4v) is 6.13. The summed E-state index contributed by atoms with van der Waals surface area (Å²) in [6.45, 7) is 10.7. The van der Waals surface area contributed by atoms with E-state index in [9.17, 15) is 13.5 Å². The van der Waals surface area contributed by atoms with Gasteiger partial charge in [0, 0.05) is 0 Å². The maximum atomic E-state index is 13.5. The SMILES string of the molecule is CC(C)(C)CC(C)(C)c1cc(-n2nc3ccccc3n2)c(O)c(S(=O)(=O)Cc2ccccc2)c1. The molecule has 0 aliphatic heterocycles. The molecule has 3 aromatic carbocycles. The molecule has 0 amide bonds. The number of hydrogen-bond acceptors (Lipinski definition) is 5. The van der Waals surface area contributed by atoms with Crippen LogP contribution in [0.1, 0.15) is 52.2 Å². The fraction of sp³-hybridized carbons (Fsp3) is 0.333. The van der Waals surface area contributed by atoms with Crippen molar-refractivity contribution in [3.8, 4) is 11.4 Å². The van der Waals surface area contributed by atoms with E-state index in [0.717, 1.165) is 12.0 Å². The van der Waals surface area contributed by atoms with Gasteiger partial charge in [0.2, 0.25) is 0 Å². The Morgan fingerprint density at radius 3 is 1.97 bits per heavy atom. The highest BCUT2D eigenvalue weighted by Crippen LogP contribution is 2.41. The number of phenolic OH excluding ortho intramolecular Hbond substituents is 1. The van der Waals surface area contributed by atoms with Crippen LogP contribution >= 0.6 is 0 Å². The molecule has 6 nitrogen and oxygen atoms in total. The monoisotopic (exact) mass is 477 g/mol. The van der Waals surface area contributed by atoms with E-state index >= 15 is 0 Å². The first kappa shape index (κ1) is 24.0. The van der Waals surface area contributed by atoms with Crippen molar-refractivity contribution in [2.75, 3.05) is 0 Å². The molecule has 0 aliphatic carbocycles. The average molecular weight is 478 g/mol. The van der Waals surface area contributed by atoms with E-state index in [0.29, 0.717) is 16.6 Å². The van der Waals surface area contributed by atoms with Crippen LogP contribution in [0.25, 0.3) is 16.7 Å². The minimum atomic E-state index is -3.85. The molecule has 0 radical (unpaired) electrons. The number of nitrogens with zero attached hydrogens (tertiary/aromatic N) is 3. The van der Waals surface area contributed by atoms with E-state index in [1.54, 1.807) is 30.3 Å². The third kappa shape index (κ3) is 4.99. The first-order valence-corrected chi connectivity index (χ1v) is 13.0. The summed E-state index contributed by atoms with van der Waals surface area (Å²) < 4.78 is 27.1. The number of aromatic hydroxyl groups is 1. The molecule has 4 aromatic rings. The Balaban J connectivity index is 1.92. The lowest BCUT2D eigenvalue weighted by atomic mass is 9.72. The maximum absolute atomic E-state index is 13.5. The lowest BCUT2D eigenvalue weighted by Crippen LogP contribution is -2.25. The van der Waals surface area contributed by atoms with Crippen molar-refractivity contribution in [1.82, 2.24) is 15.0 Å². The van der Waals surface area contributed by atoms with Crippen LogP contribution in [0.2, 0.25) is 0 Å². The molecule has 4 rings (SSSR count). The second kappa shape index (κ2) is 8.55. The number of aromatic nitrogens is 3. The summed E-state index contributed by atoms with van der Waals surface area (Å²) >= 11 is 0. The number of fused-ring (bicyclic) bond motifs is 1. The molecule has 0 spiro atoms. The summed E-state index contributed by atoms with van der Waals surface area (Å²) in [4.78, 5) is 1.23.